The highest BCUT2D eigenvalue weighted by Gasteiger charge is 2.29. The molecule has 0 radical (unpaired) electrons. The molecule has 0 bridgehead atoms. The molecule has 0 saturated carbocycles. The SMILES string of the molecule is CN(C)CCN1C(=O)CCSC1c1ccc(Cl)cc1. The Labute approximate surface area is 123 Å². The lowest BCUT2D eigenvalue weighted by Gasteiger charge is -2.36. The molecule has 19 heavy (non-hydrogen) atoms. The maximum Gasteiger partial charge on any atom is 0.224 e. The van der Waals surface area contributed by atoms with E-state index < -0.39 is 0 Å². The number of hydrogen-bond acceptors (Lipinski definition) is 3. The van der Waals surface area contributed by atoms with Crippen LogP contribution in [0.5, 0.6) is 0 Å². The fourth-order valence-corrected chi connectivity index (χ4v) is 3.47. The molecule has 0 aromatic heterocycles. The molecule has 0 N–H and O–H groups in total. The van der Waals surface area contributed by atoms with Crippen molar-refractivity contribution in [2.75, 3.05) is 32.9 Å². The number of benzene rings is 1. The van der Waals surface area contributed by atoms with Crippen molar-refractivity contribution in [3.8, 4) is 0 Å². The van der Waals surface area contributed by atoms with Crippen molar-refractivity contribution < 1.29 is 4.79 Å². The van der Waals surface area contributed by atoms with Gasteiger partial charge in [-0.3, -0.25) is 4.79 Å². The van der Waals surface area contributed by atoms with E-state index in [4.69, 9.17) is 11.6 Å². The van der Waals surface area contributed by atoms with Gasteiger partial charge < -0.3 is 9.80 Å². The van der Waals surface area contributed by atoms with Crippen molar-refractivity contribution in [1.82, 2.24) is 9.80 Å². The summed E-state index contributed by atoms with van der Waals surface area (Å²) in [5, 5.41) is 0.856. The average molecular weight is 299 g/mol. The Hall–Kier alpha value is -0.710. The van der Waals surface area contributed by atoms with Crippen LogP contribution >= 0.6 is 23.4 Å². The van der Waals surface area contributed by atoms with Gasteiger partial charge in [-0.2, -0.15) is 0 Å². The van der Waals surface area contributed by atoms with E-state index in [-0.39, 0.29) is 11.3 Å². The zero-order valence-electron chi connectivity index (χ0n) is 11.3. The zero-order valence-corrected chi connectivity index (χ0v) is 12.9. The molecule has 1 aliphatic rings. The van der Waals surface area contributed by atoms with Gasteiger partial charge >= 0.3 is 0 Å². The molecule has 1 aromatic carbocycles. The predicted octanol–water partition coefficient (Wildman–Crippen LogP) is 2.87. The summed E-state index contributed by atoms with van der Waals surface area (Å²) >= 11 is 7.75. The minimum atomic E-state index is 0.124. The number of thioether (sulfide) groups is 1. The van der Waals surface area contributed by atoms with Crippen molar-refractivity contribution in [2.45, 2.75) is 11.8 Å². The Balaban J connectivity index is 2.14. The summed E-state index contributed by atoms with van der Waals surface area (Å²) in [6.07, 6.45) is 0.641. The number of rotatable bonds is 4. The van der Waals surface area contributed by atoms with Crippen molar-refractivity contribution in [3.05, 3.63) is 34.9 Å². The normalized spacial score (nSPS) is 20.1. The van der Waals surface area contributed by atoms with Gasteiger partial charge in [-0.15, -0.1) is 11.8 Å². The van der Waals surface area contributed by atoms with Crippen LogP contribution in [-0.4, -0.2) is 48.6 Å². The highest BCUT2D eigenvalue weighted by Crippen LogP contribution is 2.37. The van der Waals surface area contributed by atoms with Crippen LogP contribution in [0.3, 0.4) is 0 Å². The second-order valence-corrected chi connectivity index (χ2v) is 6.54. The summed E-state index contributed by atoms with van der Waals surface area (Å²) in [5.41, 5.74) is 1.15. The van der Waals surface area contributed by atoms with Crippen molar-refractivity contribution in [2.24, 2.45) is 0 Å². The molecule has 104 valence electrons. The van der Waals surface area contributed by atoms with Crippen molar-refractivity contribution in [3.63, 3.8) is 0 Å². The summed E-state index contributed by atoms with van der Waals surface area (Å²) in [4.78, 5) is 16.2. The van der Waals surface area contributed by atoms with Gasteiger partial charge in [-0.1, -0.05) is 23.7 Å². The maximum atomic E-state index is 12.1. The highest BCUT2D eigenvalue weighted by molar-refractivity contribution is 7.99. The first kappa shape index (κ1) is 14.7. The topological polar surface area (TPSA) is 23.6 Å². The Bertz CT molecular complexity index is 436. The van der Waals surface area contributed by atoms with Crippen molar-refractivity contribution >= 4 is 29.3 Å². The molecule has 1 saturated heterocycles. The average Bonchev–Trinajstić information content (AvgIpc) is 2.38. The van der Waals surface area contributed by atoms with Crippen LogP contribution < -0.4 is 0 Å². The van der Waals surface area contributed by atoms with Gasteiger partial charge in [0.1, 0.15) is 5.37 Å². The summed E-state index contributed by atoms with van der Waals surface area (Å²) in [6.45, 7) is 1.66. The number of amides is 1. The molecular weight excluding hydrogens is 280 g/mol. The number of halogens is 1. The fraction of sp³-hybridized carbons (Fsp3) is 0.500. The first-order valence-corrected chi connectivity index (χ1v) is 7.82. The van der Waals surface area contributed by atoms with Gasteiger partial charge in [-0.25, -0.2) is 0 Å². The molecule has 2 rings (SSSR count). The largest absolute Gasteiger partial charge is 0.325 e. The maximum absolute atomic E-state index is 12.1. The van der Waals surface area contributed by atoms with E-state index in [2.05, 4.69) is 4.90 Å². The summed E-state index contributed by atoms with van der Waals surface area (Å²) in [6, 6.07) is 7.81. The quantitative estimate of drug-likeness (QED) is 0.854. The van der Waals surface area contributed by atoms with Crippen LogP contribution in [0.15, 0.2) is 24.3 Å². The molecule has 1 fully saturated rings. The zero-order chi connectivity index (χ0) is 13.8. The van der Waals surface area contributed by atoms with E-state index in [1.54, 1.807) is 0 Å². The lowest BCUT2D eigenvalue weighted by atomic mass is 10.2. The molecular formula is C14H19ClN2OS. The molecule has 0 aliphatic carbocycles. The first-order valence-electron chi connectivity index (χ1n) is 6.39. The number of nitrogens with zero attached hydrogens (tertiary/aromatic N) is 2. The van der Waals surface area contributed by atoms with E-state index in [0.717, 1.165) is 29.4 Å². The Kier molecular flexibility index (Phi) is 5.13. The monoisotopic (exact) mass is 298 g/mol. The third-order valence-electron chi connectivity index (χ3n) is 3.14. The summed E-state index contributed by atoms with van der Waals surface area (Å²) < 4.78 is 0. The van der Waals surface area contributed by atoms with Crippen LogP contribution in [0.4, 0.5) is 0 Å². The number of carbonyl (C=O) groups is 1. The smallest absolute Gasteiger partial charge is 0.224 e. The third-order valence-corrected chi connectivity index (χ3v) is 4.67. The summed E-state index contributed by atoms with van der Waals surface area (Å²) in [7, 11) is 4.05. The van der Waals surface area contributed by atoms with Gasteiger partial charge in [0.05, 0.1) is 0 Å². The van der Waals surface area contributed by atoms with Crippen LogP contribution in [0, 0.1) is 0 Å². The first-order chi connectivity index (χ1) is 9.08. The van der Waals surface area contributed by atoms with E-state index >= 15 is 0 Å². The van der Waals surface area contributed by atoms with Crippen LogP contribution in [0.1, 0.15) is 17.4 Å². The van der Waals surface area contributed by atoms with E-state index in [1.807, 2.05) is 55.0 Å². The van der Waals surface area contributed by atoms with Crippen molar-refractivity contribution in [1.29, 1.82) is 0 Å². The Morgan fingerprint density at radius 3 is 2.68 bits per heavy atom. The minimum Gasteiger partial charge on any atom is -0.325 e. The third kappa shape index (κ3) is 3.88. The molecule has 1 amide bonds. The van der Waals surface area contributed by atoms with Crippen LogP contribution in [0.25, 0.3) is 0 Å². The van der Waals surface area contributed by atoms with E-state index in [1.165, 1.54) is 0 Å². The molecule has 1 unspecified atom stereocenters. The lowest BCUT2D eigenvalue weighted by Crippen LogP contribution is -2.41. The van der Waals surface area contributed by atoms with Gasteiger partial charge in [0.2, 0.25) is 5.91 Å². The molecule has 5 heteroatoms. The predicted molar refractivity (Wildman–Crippen MR) is 81.5 cm³/mol. The Morgan fingerprint density at radius 2 is 2.05 bits per heavy atom. The fourth-order valence-electron chi connectivity index (χ4n) is 2.08. The molecule has 0 spiro atoms. The van der Waals surface area contributed by atoms with Gasteiger partial charge in [0.15, 0.2) is 0 Å². The van der Waals surface area contributed by atoms with Crippen LogP contribution in [0.2, 0.25) is 5.02 Å². The van der Waals surface area contributed by atoms with Gasteiger partial charge in [0.25, 0.3) is 0 Å². The van der Waals surface area contributed by atoms with E-state index in [0.29, 0.717) is 6.42 Å². The lowest BCUT2D eigenvalue weighted by molar-refractivity contribution is -0.132. The molecule has 1 aromatic rings. The second kappa shape index (κ2) is 6.64. The summed E-state index contributed by atoms with van der Waals surface area (Å²) in [5.74, 6) is 1.14. The number of carbonyl (C=O) groups excluding carboxylic acids is 1. The van der Waals surface area contributed by atoms with E-state index in [9.17, 15) is 4.79 Å². The standard InChI is InChI=1S/C14H19ClN2OS/c1-16(2)8-9-17-13(18)7-10-19-14(17)11-3-5-12(15)6-4-11/h3-6,14H,7-10H2,1-2H3. The molecule has 1 aliphatic heterocycles. The van der Waals surface area contributed by atoms with Gasteiger partial charge in [-0.05, 0) is 31.8 Å². The molecule has 1 atom stereocenters. The van der Waals surface area contributed by atoms with Crippen LogP contribution in [-0.2, 0) is 4.79 Å². The second-order valence-electron chi connectivity index (χ2n) is 4.92. The minimum absolute atomic E-state index is 0.124. The Morgan fingerprint density at radius 1 is 1.37 bits per heavy atom. The van der Waals surface area contributed by atoms with Gasteiger partial charge in [0, 0.05) is 30.3 Å². The number of likely N-dealkylation sites (N-methyl/N-ethyl adjacent to an activating group) is 1. The molecule has 3 nitrogen and oxygen atoms in total. The number of hydrogen-bond donors (Lipinski definition) is 0. The molecule has 1 heterocycles. The highest BCUT2D eigenvalue weighted by atomic mass is 35.5.